The Morgan fingerprint density at radius 1 is 1.12 bits per heavy atom. The number of pyridine rings is 1. The van der Waals surface area contributed by atoms with Crippen molar-refractivity contribution in [1.82, 2.24) is 4.98 Å². The number of hydrogen-bond donors (Lipinski definition) is 1. The minimum Gasteiger partial charge on any atom is -0.323 e. The summed E-state index contributed by atoms with van der Waals surface area (Å²) >= 11 is 1.39. The number of aromatic nitrogens is 1. The third-order valence-corrected chi connectivity index (χ3v) is 4.93. The van der Waals surface area contributed by atoms with Gasteiger partial charge in [-0.05, 0) is 30.7 Å². The molecule has 3 nitrogen and oxygen atoms in total. The van der Waals surface area contributed by atoms with Crippen LogP contribution in [0.1, 0.15) is 13.3 Å². The summed E-state index contributed by atoms with van der Waals surface area (Å²) in [5.41, 5.74) is 1.10. The summed E-state index contributed by atoms with van der Waals surface area (Å²) in [5, 5.41) is 4.16. The molecule has 0 spiro atoms. The molecule has 0 fully saturated rings. The molecular formula is C19H17FN2OS. The number of carbonyl (C=O) groups is 1. The van der Waals surface area contributed by atoms with Crippen LogP contribution in [0.5, 0.6) is 0 Å². The molecule has 24 heavy (non-hydrogen) atoms. The largest absolute Gasteiger partial charge is 0.323 e. The molecule has 122 valence electrons. The highest BCUT2D eigenvalue weighted by Crippen LogP contribution is 2.27. The number of nitrogens with one attached hydrogen (secondary N) is 1. The van der Waals surface area contributed by atoms with Crippen LogP contribution in [0.2, 0.25) is 0 Å². The van der Waals surface area contributed by atoms with Gasteiger partial charge in [0.25, 0.3) is 0 Å². The van der Waals surface area contributed by atoms with Gasteiger partial charge in [-0.25, -0.2) is 9.37 Å². The molecule has 0 aliphatic heterocycles. The second kappa shape index (κ2) is 7.45. The molecule has 1 aromatic heterocycles. The molecule has 0 saturated carbocycles. The van der Waals surface area contributed by atoms with E-state index in [4.69, 9.17) is 0 Å². The van der Waals surface area contributed by atoms with E-state index in [0.29, 0.717) is 6.42 Å². The van der Waals surface area contributed by atoms with Gasteiger partial charge >= 0.3 is 0 Å². The Labute approximate surface area is 144 Å². The first-order valence-corrected chi connectivity index (χ1v) is 8.63. The Morgan fingerprint density at radius 2 is 1.88 bits per heavy atom. The first-order valence-electron chi connectivity index (χ1n) is 7.75. The van der Waals surface area contributed by atoms with Crippen molar-refractivity contribution in [3.05, 3.63) is 66.5 Å². The fourth-order valence-corrected chi connectivity index (χ4v) is 3.28. The standard InChI is InChI=1S/C19H17FN2OS/c1-2-17(19(23)22-16-10-6-4-8-14(16)20)24-18-12-11-13-7-3-5-9-15(13)21-18/h3-12,17H,2H2,1H3,(H,22,23)/t17-/m0/s1. The summed E-state index contributed by atoms with van der Waals surface area (Å²) in [6.45, 7) is 1.93. The number of nitrogens with zero attached hydrogens (tertiary/aromatic N) is 1. The van der Waals surface area contributed by atoms with Crippen molar-refractivity contribution in [2.24, 2.45) is 0 Å². The van der Waals surface area contributed by atoms with Crippen LogP contribution in [0.15, 0.2) is 65.7 Å². The third kappa shape index (κ3) is 3.74. The van der Waals surface area contributed by atoms with E-state index < -0.39 is 5.82 Å². The average molecular weight is 340 g/mol. The van der Waals surface area contributed by atoms with E-state index >= 15 is 0 Å². The van der Waals surface area contributed by atoms with Crippen LogP contribution in [0.25, 0.3) is 10.9 Å². The summed E-state index contributed by atoms with van der Waals surface area (Å²) in [6.07, 6.45) is 0.624. The lowest BCUT2D eigenvalue weighted by atomic mass is 10.2. The Kier molecular flexibility index (Phi) is 5.11. The summed E-state index contributed by atoms with van der Waals surface area (Å²) in [5.74, 6) is -0.655. The first kappa shape index (κ1) is 16.5. The third-order valence-electron chi connectivity index (χ3n) is 3.63. The quantitative estimate of drug-likeness (QED) is 0.673. The first-order chi connectivity index (χ1) is 11.7. The Balaban J connectivity index is 1.75. The molecule has 0 bridgehead atoms. The summed E-state index contributed by atoms with van der Waals surface area (Å²) in [6, 6.07) is 17.9. The van der Waals surface area contributed by atoms with E-state index in [2.05, 4.69) is 10.3 Å². The molecule has 0 saturated heterocycles. The van der Waals surface area contributed by atoms with Crippen LogP contribution in [-0.2, 0) is 4.79 Å². The number of carbonyl (C=O) groups excluding carboxylic acids is 1. The topological polar surface area (TPSA) is 42.0 Å². The zero-order valence-electron chi connectivity index (χ0n) is 13.2. The van der Waals surface area contributed by atoms with Gasteiger partial charge in [0, 0.05) is 5.39 Å². The van der Waals surface area contributed by atoms with Gasteiger partial charge in [-0.1, -0.05) is 55.1 Å². The second-order valence-electron chi connectivity index (χ2n) is 5.33. The van der Waals surface area contributed by atoms with Gasteiger partial charge in [-0.15, -0.1) is 0 Å². The van der Waals surface area contributed by atoms with Crippen LogP contribution in [0, 0.1) is 5.82 Å². The normalized spacial score (nSPS) is 12.1. The van der Waals surface area contributed by atoms with Crippen molar-refractivity contribution in [2.45, 2.75) is 23.6 Å². The minimum absolute atomic E-state index is 0.202. The van der Waals surface area contributed by atoms with Crippen molar-refractivity contribution in [3.63, 3.8) is 0 Å². The number of halogens is 1. The number of fused-ring (bicyclic) bond motifs is 1. The molecular weight excluding hydrogens is 323 g/mol. The van der Waals surface area contributed by atoms with Gasteiger partial charge in [0.2, 0.25) is 5.91 Å². The van der Waals surface area contributed by atoms with Crippen molar-refractivity contribution in [1.29, 1.82) is 0 Å². The molecule has 1 N–H and O–H groups in total. The highest BCUT2D eigenvalue weighted by atomic mass is 32.2. The maximum absolute atomic E-state index is 13.7. The molecule has 0 aliphatic rings. The molecule has 0 radical (unpaired) electrons. The van der Waals surface area contributed by atoms with Crippen LogP contribution in [-0.4, -0.2) is 16.1 Å². The number of amides is 1. The lowest BCUT2D eigenvalue weighted by Crippen LogP contribution is -2.25. The van der Waals surface area contributed by atoms with E-state index in [1.54, 1.807) is 18.2 Å². The fraction of sp³-hybridized carbons (Fsp3) is 0.158. The Bertz CT molecular complexity index is 869. The molecule has 3 aromatic rings. The maximum atomic E-state index is 13.7. The van der Waals surface area contributed by atoms with Crippen LogP contribution >= 0.6 is 11.8 Å². The van der Waals surface area contributed by atoms with E-state index in [1.807, 2.05) is 43.3 Å². The molecule has 5 heteroatoms. The molecule has 1 amide bonds. The lowest BCUT2D eigenvalue weighted by molar-refractivity contribution is -0.115. The van der Waals surface area contributed by atoms with Crippen molar-refractivity contribution >= 4 is 34.3 Å². The highest BCUT2D eigenvalue weighted by molar-refractivity contribution is 8.00. The van der Waals surface area contributed by atoms with Crippen LogP contribution in [0.4, 0.5) is 10.1 Å². The number of benzene rings is 2. The molecule has 2 aromatic carbocycles. The second-order valence-corrected chi connectivity index (χ2v) is 6.55. The van der Waals surface area contributed by atoms with Crippen molar-refractivity contribution < 1.29 is 9.18 Å². The van der Waals surface area contributed by atoms with E-state index in [9.17, 15) is 9.18 Å². The predicted octanol–water partition coefficient (Wildman–Crippen LogP) is 4.88. The summed E-state index contributed by atoms with van der Waals surface area (Å²) < 4.78 is 13.7. The van der Waals surface area contributed by atoms with Gasteiger partial charge in [-0.3, -0.25) is 4.79 Å². The highest BCUT2D eigenvalue weighted by Gasteiger charge is 2.19. The number of anilines is 1. The van der Waals surface area contributed by atoms with Crippen LogP contribution in [0.3, 0.4) is 0 Å². The number of rotatable bonds is 5. The number of thioether (sulfide) groups is 1. The van der Waals surface area contributed by atoms with E-state index in [0.717, 1.165) is 15.9 Å². The van der Waals surface area contributed by atoms with Gasteiger partial charge < -0.3 is 5.32 Å². The number of para-hydroxylation sites is 2. The molecule has 3 rings (SSSR count). The monoisotopic (exact) mass is 340 g/mol. The van der Waals surface area contributed by atoms with E-state index in [-0.39, 0.29) is 16.8 Å². The zero-order valence-corrected chi connectivity index (χ0v) is 14.0. The van der Waals surface area contributed by atoms with Gasteiger partial charge in [0.05, 0.1) is 21.5 Å². The molecule has 0 aliphatic carbocycles. The SMILES string of the molecule is CC[C@H](Sc1ccc2ccccc2n1)C(=O)Nc1ccccc1F. The van der Waals surface area contributed by atoms with Crippen molar-refractivity contribution in [3.8, 4) is 0 Å². The minimum atomic E-state index is -0.436. The summed E-state index contributed by atoms with van der Waals surface area (Å²) in [7, 11) is 0. The Hall–Kier alpha value is -2.40. The lowest BCUT2D eigenvalue weighted by Gasteiger charge is -2.15. The molecule has 1 heterocycles. The zero-order chi connectivity index (χ0) is 16.9. The van der Waals surface area contributed by atoms with Crippen molar-refractivity contribution in [2.75, 3.05) is 5.32 Å². The number of hydrogen-bond acceptors (Lipinski definition) is 3. The molecule has 0 unspecified atom stereocenters. The molecule has 1 atom stereocenters. The van der Waals surface area contributed by atoms with Crippen LogP contribution < -0.4 is 5.32 Å². The predicted molar refractivity (Wildman–Crippen MR) is 96.7 cm³/mol. The summed E-state index contributed by atoms with van der Waals surface area (Å²) in [4.78, 5) is 17.0. The van der Waals surface area contributed by atoms with Gasteiger partial charge in [0.1, 0.15) is 5.82 Å². The van der Waals surface area contributed by atoms with Gasteiger partial charge in [0.15, 0.2) is 0 Å². The fourth-order valence-electron chi connectivity index (χ4n) is 2.36. The smallest absolute Gasteiger partial charge is 0.237 e. The Morgan fingerprint density at radius 3 is 2.67 bits per heavy atom. The van der Waals surface area contributed by atoms with Gasteiger partial charge in [-0.2, -0.15) is 0 Å². The van der Waals surface area contributed by atoms with E-state index in [1.165, 1.54) is 17.8 Å². The average Bonchev–Trinajstić information content (AvgIpc) is 2.61. The maximum Gasteiger partial charge on any atom is 0.237 e.